The van der Waals surface area contributed by atoms with Gasteiger partial charge in [0.25, 0.3) is 11.7 Å². The van der Waals surface area contributed by atoms with Crippen molar-refractivity contribution in [2.45, 2.75) is 26.4 Å². The van der Waals surface area contributed by atoms with Gasteiger partial charge in [0.15, 0.2) is 0 Å². The van der Waals surface area contributed by atoms with Gasteiger partial charge in [0.2, 0.25) is 0 Å². The van der Waals surface area contributed by atoms with Crippen molar-refractivity contribution in [3.05, 3.63) is 93.8 Å². The number of hydrogen-bond donors (Lipinski definition) is 2. The van der Waals surface area contributed by atoms with Crippen molar-refractivity contribution in [2.75, 3.05) is 7.11 Å². The van der Waals surface area contributed by atoms with Gasteiger partial charge in [-0.25, -0.2) is 9.18 Å². The number of rotatable bonds is 5. The van der Waals surface area contributed by atoms with Crippen LogP contribution in [0.2, 0.25) is 0 Å². The number of pyridine rings is 1. The van der Waals surface area contributed by atoms with Crippen LogP contribution in [-0.2, 0) is 20.9 Å². The lowest BCUT2D eigenvalue weighted by Crippen LogP contribution is -2.29. The van der Waals surface area contributed by atoms with E-state index in [1.165, 1.54) is 36.3 Å². The monoisotopic (exact) mass is 463 g/mol. The van der Waals surface area contributed by atoms with Crippen molar-refractivity contribution >= 4 is 23.4 Å². The molecule has 1 amide bonds. The molecule has 1 saturated heterocycles. The van der Waals surface area contributed by atoms with E-state index in [2.05, 4.69) is 9.97 Å². The average molecular weight is 463 g/mol. The highest BCUT2D eigenvalue weighted by atomic mass is 19.1. The minimum atomic E-state index is -0.976. The number of benzene rings is 1. The lowest BCUT2D eigenvalue weighted by Gasteiger charge is -2.25. The fourth-order valence-electron chi connectivity index (χ4n) is 4.27. The maximum Gasteiger partial charge on any atom is 0.354 e. The molecular weight excluding hydrogens is 441 g/mol. The van der Waals surface area contributed by atoms with Crippen molar-refractivity contribution in [3.8, 4) is 0 Å². The van der Waals surface area contributed by atoms with Gasteiger partial charge < -0.3 is 19.7 Å². The third-order valence-corrected chi connectivity index (χ3v) is 5.87. The van der Waals surface area contributed by atoms with Gasteiger partial charge in [0, 0.05) is 30.2 Å². The number of methoxy groups -OCH3 is 1. The number of nitrogens with zero attached hydrogens (tertiary/aromatic N) is 2. The molecule has 4 rings (SSSR count). The number of hydrogen-bond acceptors (Lipinski definition) is 6. The number of ketones is 1. The molecule has 0 radical (unpaired) electrons. The van der Waals surface area contributed by atoms with E-state index in [1.807, 2.05) is 0 Å². The number of aromatic amines is 1. The second-order valence-electron chi connectivity index (χ2n) is 7.96. The molecule has 1 aromatic carbocycles. The Morgan fingerprint density at radius 3 is 2.53 bits per heavy atom. The van der Waals surface area contributed by atoms with Crippen LogP contribution in [0.4, 0.5) is 4.39 Å². The number of carbonyl (C=O) groups is 3. The van der Waals surface area contributed by atoms with Crippen LogP contribution in [-0.4, -0.2) is 44.7 Å². The van der Waals surface area contributed by atoms with E-state index in [0.29, 0.717) is 22.4 Å². The van der Waals surface area contributed by atoms with Crippen molar-refractivity contribution in [3.63, 3.8) is 0 Å². The van der Waals surface area contributed by atoms with Gasteiger partial charge in [-0.1, -0.05) is 18.2 Å². The normalized spacial score (nSPS) is 17.3. The quantitative estimate of drug-likeness (QED) is 0.259. The van der Waals surface area contributed by atoms with Gasteiger partial charge in [-0.3, -0.25) is 14.6 Å². The van der Waals surface area contributed by atoms with Gasteiger partial charge in [-0.2, -0.15) is 0 Å². The summed E-state index contributed by atoms with van der Waals surface area (Å²) in [4.78, 5) is 46.6. The number of ether oxygens (including phenoxy) is 1. The van der Waals surface area contributed by atoms with Gasteiger partial charge in [-0.05, 0) is 48.7 Å². The Kier molecular flexibility index (Phi) is 6.02. The lowest BCUT2D eigenvalue weighted by atomic mass is 9.94. The number of amides is 1. The minimum absolute atomic E-state index is 0.0513. The van der Waals surface area contributed by atoms with E-state index in [-0.39, 0.29) is 23.4 Å². The number of halogens is 1. The minimum Gasteiger partial charge on any atom is -0.507 e. The van der Waals surface area contributed by atoms with E-state index in [9.17, 15) is 23.9 Å². The first kappa shape index (κ1) is 22.9. The van der Waals surface area contributed by atoms with Crippen molar-refractivity contribution in [2.24, 2.45) is 0 Å². The number of aryl methyl sites for hydroxylation is 1. The number of Topliss-reactive ketones (excluding diaryl/α,β-unsaturated/α-hetero) is 1. The van der Waals surface area contributed by atoms with Crippen LogP contribution in [0, 0.1) is 19.7 Å². The molecule has 1 atom stereocenters. The largest absolute Gasteiger partial charge is 0.507 e. The molecule has 1 aliphatic heterocycles. The second-order valence-corrected chi connectivity index (χ2v) is 7.96. The molecule has 34 heavy (non-hydrogen) atoms. The van der Waals surface area contributed by atoms with Crippen molar-refractivity contribution in [1.82, 2.24) is 14.9 Å². The molecule has 3 aromatic rings. The fraction of sp³-hybridized carbons (Fsp3) is 0.200. The third-order valence-electron chi connectivity index (χ3n) is 5.87. The summed E-state index contributed by atoms with van der Waals surface area (Å²) in [5, 5.41) is 11.3. The zero-order chi connectivity index (χ0) is 24.6. The molecule has 1 aliphatic rings. The zero-order valence-electron chi connectivity index (χ0n) is 18.8. The number of aromatic nitrogens is 2. The summed E-state index contributed by atoms with van der Waals surface area (Å²) in [6.07, 6.45) is 3.16. The highest BCUT2D eigenvalue weighted by Crippen LogP contribution is 2.41. The van der Waals surface area contributed by atoms with Crippen LogP contribution in [0.25, 0.3) is 5.76 Å². The first-order chi connectivity index (χ1) is 16.2. The van der Waals surface area contributed by atoms with Crippen LogP contribution >= 0.6 is 0 Å². The molecule has 1 fully saturated rings. The zero-order valence-corrected chi connectivity index (χ0v) is 18.8. The Bertz CT molecular complexity index is 1310. The first-order valence-corrected chi connectivity index (χ1v) is 10.4. The number of esters is 1. The van der Waals surface area contributed by atoms with Gasteiger partial charge in [0.05, 0.1) is 18.7 Å². The molecule has 2 N–H and O–H groups in total. The number of aliphatic hydroxyl groups is 1. The Balaban J connectivity index is 1.91. The average Bonchev–Trinajstić information content (AvgIpc) is 3.27. The molecule has 0 saturated carbocycles. The number of carbonyl (C=O) groups excluding carboxylic acids is 3. The van der Waals surface area contributed by atoms with Crippen LogP contribution in [0.1, 0.15) is 44.5 Å². The van der Waals surface area contributed by atoms with Crippen LogP contribution in [0.5, 0.6) is 0 Å². The van der Waals surface area contributed by atoms with E-state index in [0.717, 1.165) is 0 Å². The highest BCUT2D eigenvalue weighted by molar-refractivity contribution is 6.46. The van der Waals surface area contributed by atoms with E-state index < -0.39 is 35.3 Å². The number of likely N-dealkylation sites (tertiary alicyclic amines) is 1. The molecule has 9 heteroatoms. The molecule has 0 aliphatic carbocycles. The van der Waals surface area contributed by atoms with Crippen LogP contribution < -0.4 is 0 Å². The van der Waals surface area contributed by atoms with Gasteiger partial charge >= 0.3 is 5.97 Å². The molecule has 8 nitrogen and oxygen atoms in total. The smallest absolute Gasteiger partial charge is 0.354 e. The molecule has 0 bridgehead atoms. The molecule has 0 spiro atoms. The number of H-pyrrole nitrogens is 1. The number of nitrogens with one attached hydrogen (secondary N) is 1. The number of aliphatic hydroxyl groups excluding tert-OH is 1. The summed E-state index contributed by atoms with van der Waals surface area (Å²) in [7, 11) is 1.23. The van der Waals surface area contributed by atoms with E-state index in [1.54, 1.807) is 38.4 Å². The van der Waals surface area contributed by atoms with Gasteiger partial charge in [0.1, 0.15) is 17.3 Å². The Morgan fingerprint density at radius 2 is 1.91 bits per heavy atom. The maximum atomic E-state index is 13.6. The topological polar surface area (TPSA) is 113 Å². The molecule has 0 unspecified atom stereocenters. The lowest BCUT2D eigenvalue weighted by molar-refractivity contribution is -0.140. The van der Waals surface area contributed by atoms with Gasteiger partial charge in [-0.15, -0.1) is 0 Å². The molecule has 3 heterocycles. The van der Waals surface area contributed by atoms with Crippen LogP contribution in [0.15, 0.2) is 54.4 Å². The summed E-state index contributed by atoms with van der Waals surface area (Å²) in [5.41, 5.74) is 2.13. The second kappa shape index (κ2) is 8.93. The summed E-state index contributed by atoms with van der Waals surface area (Å²) >= 11 is 0. The summed E-state index contributed by atoms with van der Waals surface area (Å²) < 4.78 is 18.4. The molecule has 2 aromatic heterocycles. The molecular formula is C25H22FN3O5. The maximum absolute atomic E-state index is 13.6. The third kappa shape index (κ3) is 3.85. The fourth-order valence-corrected chi connectivity index (χ4v) is 4.27. The molecule has 174 valence electrons. The predicted octanol–water partition coefficient (Wildman–Crippen LogP) is 3.57. The SMILES string of the molecule is COC(=O)c1[nH]c(C)c(C(O)=C2C(=O)C(=O)N(Cc3cccnc3)[C@@H]2c2ccc(F)cc2)c1C. The van der Waals surface area contributed by atoms with E-state index >= 15 is 0 Å². The van der Waals surface area contributed by atoms with E-state index in [4.69, 9.17) is 4.74 Å². The standard InChI is InChI=1S/C25H22FN3O5/c1-13-18(14(2)28-20(13)25(33)34-3)22(30)19-21(16-6-8-17(26)9-7-16)29(24(32)23(19)31)12-15-5-4-10-27-11-15/h4-11,21,28,30H,12H2,1-3H3/t21-/m1/s1. The Labute approximate surface area is 194 Å². The summed E-state index contributed by atoms with van der Waals surface area (Å²) in [6.45, 7) is 3.28. The Morgan fingerprint density at radius 1 is 1.21 bits per heavy atom. The summed E-state index contributed by atoms with van der Waals surface area (Å²) in [5.74, 6) is -3.23. The van der Waals surface area contributed by atoms with Crippen molar-refractivity contribution < 1.29 is 28.6 Å². The van der Waals surface area contributed by atoms with Crippen molar-refractivity contribution in [1.29, 1.82) is 0 Å². The summed E-state index contributed by atoms with van der Waals surface area (Å²) in [6, 6.07) is 7.87. The Hall–Kier alpha value is -4.27. The van der Waals surface area contributed by atoms with Crippen LogP contribution in [0.3, 0.4) is 0 Å². The predicted molar refractivity (Wildman–Crippen MR) is 120 cm³/mol. The first-order valence-electron chi connectivity index (χ1n) is 10.4. The highest BCUT2D eigenvalue weighted by Gasteiger charge is 2.46.